The summed E-state index contributed by atoms with van der Waals surface area (Å²) >= 11 is 0. The van der Waals surface area contributed by atoms with Crippen LogP contribution in [0.1, 0.15) is 33.6 Å². The van der Waals surface area contributed by atoms with E-state index in [0.29, 0.717) is 16.7 Å². The lowest BCUT2D eigenvalue weighted by Crippen LogP contribution is -2.21. The van der Waals surface area contributed by atoms with Crippen LogP contribution in [0.3, 0.4) is 0 Å². The minimum atomic E-state index is -6.09. The molecule has 0 rings (SSSR count). The van der Waals surface area contributed by atoms with Gasteiger partial charge in [-0.3, -0.25) is 4.79 Å². The van der Waals surface area contributed by atoms with Crippen LogP contribution in [-0.4, -0.2) is 41.5 Å². The van der Waals surface area contributed by atoms with E-state index in [1.165, 1.54) is 11.5 Å². The standard InChI is InChI=1S/C9H19OS.CHF3O3S/c1-4-7-9(10)8-11(5-2)6-3;2-1(3,4)8(5,6)7/h4-8H2,1-3H3;(H,5,6,7)/q+1;/p-1. The fraction of sp³-hybridized carbons (Fsp3) is 0.900. The molecule has 0 aliphatic carbocycles. The van der Waals surface area contributed by atoms with Crippen LogP contribution in [0.2, 0.25) is 0 Å². The minimum Gasteiger partial charge on any atom is -0.741 e. The van der Waals surface area contributed by atoms with Gasteiger partial charge in [0.25, 0.3) is 0 Å². The van der Waals surface area contributed by atoms with Gasteiger partial charge in [-0.2, -0.15) is 13.2 Å². The lowest BCUT2D eigenvalue weighted by Gasteiger charge is -2.08. The maximum atomic E-state index is 11.2. The number of hydrogen-bond acceptors (Lipinski definition) is 4. The zero-order chi connectivity index (χ0) is 15.7. The van der Waals surface area contributed by atoms with Crippen molar-refractivity contribution in [3.8, 4) is 0 Å². The van der Waals surface area contributed by atoms with Crippen molar-refractivity contribution in [1.29, 1.82) is 0 Å². The summed E-state index contributed by atoms with van der Waals surface area (Å²) in [4.78, 5) is 11.2. The smallest absolute Gasteiger partial charge is 0.485 e. The van der Waals surface area contributed by atoms with Gasteiger partial charge in [-0.15, -0.1) is 0 Å². The van der Waals surface area contributed by atoms with Crippen LogP contribution in [0.5, 0.6) is 0 Å². The molecule has 0 bridgehead atoms. The Labute approximate surface area is 114 Å². The number of alkyl halides is 3. The maximum Gasteiger partial charge on any atom is 0.485 e. The lowest BCUT2D eigenvalue weighted by atomic mass is 10.3. The molecule has 116 valence electrons. The van der Waals surface area contributed by atoms with Crippen molar-refractivity contribution >= 4 is 26.8 Å². The number of halogens is 3. The van der Waals surface area contributed by atoms with E-state index in [1.54, 1.807) is 0 Å². The van der Waals surface area contributed by atoms with Crippen LogP contribution in [0.15, 0.2) is 0 Å². The van der Waals surface area contributed by atoms with Crippen molar-refractivity contribution in [3.63, 3.8) is 0 Å². The summed E-state index contributed by atoms with van der Waals surface area (Å²) in [5, 5.41) is 0. The number of hydrogen-bond donors (Lipinski definition) is 0. The Morgan fingerprint density at radius 3 is 1.74 bits per heavy atom. The van der Waals surface area contributed by atoms with Gasteiger partial charge >= 0.3 is 5.51 Å². The van der Waals surface area contributed by atoms with E-state index >= 15 is 0 Å². The summed E-state index contributed by atoms with van der Waals surface area (Å²) in [6.07, 6.45) is 1.78. The Morgan fingerprint density at radius 1 is 1.16 bits per heavy atom. The first-order chi connectivity index (χ1) is 8.49. The molecule has 0 radical (unpaired) electrons. The zero-order valence-electron chi connectivity index (χ0n) is 11.1. The van der Waals surface area contributed by atoms with Crippen molar-refractivity contribution in [2.75, 3.05) is 17.3 Å². The molecule has 4 nitrogen and oxygen atoms in total. The molecule has 0 saturated heterocycles. The highest BCUT2D eigenvalue weighted by atomic mass is 32.2. The number of Topliss-reactive ketones (excluding diaryl/α,β-unsaturated/α-hetero) is 1. The molecular weight excluding hydrogens is 305 g/mol. The van der Waals surface area contributed by atoms with Gasteiger partial charge in [0.2, 0.25) is 0 Å². The van der Waals surface area contributed by atoms with Crippen molar-refractivity contribution < 1.29 is 30.9 Å². The predicted octanol–water partition coefficient (Wildman–Crippen LogP) is 2.07. The van der Waals surface area contributed by atoms with Crippen molar-refractivity contribution in [1.82, 2.24) is 0 Å². The van der Waals surface area contributed by atoms with Crippen LogP contribution in [-0.2, 0) is 25.8 Å². The highest BCUT2D eigenvalue weighted by Crippen LogP contribution is 2.20. The molecular formula is C10H19F3O4S2. The van der Waals surface area contributed by atoms with Crippen LogP contribution in [0.4, 0.5) is 13.2 Å². The monoisotopic (exact) mass is 324 g/mol. The number of ketones is 1. The van der Waals surface area contributed by atoms with Crippen LogP contribution < -0.4 is 0 Å². The SMILES string of the molecule is CCCC(=O)C[S+](CC)CC.O=S(=O)([O-])C(F)(F)F. The predicted molar refractivity (Wildman–Crippen MR) is 69.0 cm³/mol. The van der Waals surface area contributed by atoms with Crippen molar-refractivity contribution in [2.45, 2.75) is 39.1 Å². The first-order valence-corrected chi connectivity index (χ1v) is 8.81. The van der Waals surface area contributed by atoms with Gasteiger partial charge in [0, 0.05) is 6.42 Å². The molecule has 0 N–H and O–H groups in total. The quantitative estimate of drug-likeness (QED) is 0.426. The summed E-state index contributed by atoms with van der Waals surface area (Å²) in [7, 11) is -5.71. The van der Waals surface area contributed by atoms with Gasteiger partial charge in [-0.05, 0) is 31.2 Å². The van der Waals surface area contributed by atoms with Crippen LogP contribution in [0.25, 0.3) is 0 Å². The molecule has 0 aliphatic rings. The zero-order valence-corrected chi connectivity index (χ0v) is 12.8. The Balaban J connectivity index is 0. The van der Waals surface area contributed by atoms with Gasteiger partial charge in [-0.25, -0.2) is 8.42 Å². The summed E-state index contributed by atoms with van der Waals surface area (Å²) in [5.41, 5.74) is -5.65. The van der Waals surface area contributed by atoms with Gasteiger partial charge in [0.15, 0.2) is 21.7 Å². The molecule has 0 aliphatic heterocycles. The van der Waals surface area contributed by atoms with E-state index in [2.05, 4.69) is 20.8 Å². The van der Waals surface area contributed by atoms with Gasteiger partial charge in [0.05, 0.1) is 0 Å². The molecule has 0 saturated carbocycles. The average Bonchev–Trinajstić information content (AvgIpc) is 2.24. The minimum absolute atomic E-state index is 0.380. The first kappa shape index (κ1) is 21.0. The van der Waals surface area contributed by atoms with Crippen LogP contribution in [0, 0.1) is 0 Å². The highest BCUT2D eigenvalue weighted by Gasteiger charge is 2.36. The molecule has 0 atom stereocenters. The molecule has 0 aromatic heterocycles. The lowest BCUT2D eigenvalue weighted by molar-refractivity contribution is -0.116. The molecule has 0 fully saturated rings. The fourth-order valence-corrected chi connectivity index (χ4v) is 2.40. The molecule has 0 amide bonds. The molecule has 9 heteroatoms. The summed E-state index contributed by atoms with van der Waals surface area (Å²) in [5.74, 6) is 3.64. The Morgan fingerprint density at radius 2 is 1.53 bits per heavy atom. The maximum absolute atomic E-state index is 11.2. The second-order valence-electron chi connectivity index (χ2n) is 3.52. The van der Waals surface area contributed by atoms with E-state index in [4.69, 9.17) is 13.0 Å². The van der Waals surface area contributed by atoms with Gasteiger partial charge in [0.1, 0.15) is 11.5 Å². The van der Waals surface area contributed by atoms with E-state index in [9.17, 15) is 18.0 Å². The van der Waals surface area contributed by atoms with Crippen molar-refractivity contribution in [3.05, 3.63) is 0 Å². The molecule has 0 aromatic carbocycles. The topological polar surface area (TPSA) is 74.3 Å². The fourth-order valence-electron chi connectivity index (χ4n) is 0.987. The second-order valence-corrected chi connectivity index (χ2v) is 7.56. The number of rotatable bonds is 6. The number of carbonyl (C=O) groups excluding carboxylic acids is 1. The van der Waals surface area contributed by atoms with E-state index in [1.807, 2.05) is 0 Å². The highest BCUT2D eigenvalue weighted by molar-refractivity contribution is 7.97. The largest absolute Gasteiger partial charge is 0.741 e. The Hall–Kier alpha value is -0.280. The Bertz CT molecular complexity index is 348. The molecule has 0 aromatic rings. The molecule has 19 heavy (non-hydrogen) atoms. The second kappa shape index (κ2) is 9.60. The first-order valence-electron chi connectivity index (χ1n) is 5.67. The normalized spacial score (nSPS) is 12.0. The van der Waals surface area contributed by atoms with Crippen molar-refractivity contribution in [2.24, 2.45) is 0 Å². The van der Waals surface area contributed by atoms with E-state index in [0.717, 1.165) is 18.6 Å². The third kappa shape index (κ3) is 11.3. The summed E-state index contributed by atoms with van der Waals surface area (Å²) < 4.78 is 58.9. The third-order valence-corrected chi connectivity index (χ3v) is 4.92. The van der Waals surface area contributed by atoms with E-state index < -0.39 is 15.6 Å². The van der Waals surface area contributed by atoms with Gasteiger partial charge < -0.3 is 4.55 Å². The molecule has 0 heterocycles. The molecule has 0 spiro atoms. The number of carbonyl (C=O) groups is 1. The summed E-state index contributed by atoms with van der Waals surface area (Å²) in [6.45, 7) is 6.41. The average molecular weight is 324 g/mol. The summed E-state index contributed by atoms with van der Waals surface area (Å²) in [6, 6.07) is 0. The molecule has 0 unspecified atom stereocenters. The third-order valence-electron chi connectivity index (χ3n) is 1.99. The Kier molecular flexibility index (Phi) is 10.6. The van der Waals surface area contributed by atoms with Gasteiger partial charge in [-0.1, -0.05) is 6.92 Å². The van der Waals surface area contributed by atoms with Crippen LogP contribution >= 0.6 is 0 Å². The van der Waals surface area contributed by atoms with E-state index in [-0.39, 0.29) is 0 Å².